The van der Waals surface area contributed by atoms with Crippen LogP contribution in [-0.2, 0) is 4.74 Å². The smallest absolute Gasteiger partial charge is 0.358 e. The Morgan fingerprint density at radius 2 is 2.24 bits per heavy atom. The van der Waals surface area contributed by atoms with Gasteiger partial charge in [0.05, 0.1) is 17.6 Å². The minimum atomic E-state index is -1.30. The molecule has 96 valence electrons. The summed E-state index contributed by atoms with van der Waals surface area (Å²) in [5.41, 5.74) is 10.6. The zero-order chi connectivity index (χ0) is 13.0. The van der Waals surface area contributed by atoms with Crippen molar-refractivity contribution in [3.8, 4) is 0 Å². The summed E-state index contributed by atoms with van der Waals surface area (Å²) in [5.74, 6) is -0.682. The van der Waals surface area contributed by atoms with Crippen molar-refractivity contribution in [2.75, 3.05) is 18.9 Å². The van der Waals surface area contributed by atoms with E-state index >= 15 is 0 Å². The summed E-state index contributed by atoms with van der Waals surface area (Å²) in [6.07, 6.45) is -2.47. The minimum Gasteiger partial charge on any atom is -0.461 e. The first-order valence-electron chi connectivity index (χ1n) is 5.00. The SMILES string of the molecule is CCOC(=O)c1nc(N)sc1C(O)C(O)CN. The van der Waals surface area contributed by atoms with Gasteiger partial charge in [-0.2, -0.15) is 0 Å². The number of thiazole rings is 1. The molecule has 7 nitrogen and oxygen atoms in total. The molecule has 0 fully saturated rings. The number of nitrogens with two attached hydrogens (primary N) is 2. The largest absolute Gasteiger partial charge is 0.461 e. The van der Waals surface area contributed by atoms with Gasteiger partial charge in [-0.3, -0.25) is 0 Å². The fourth-order valence-corrected chi connectivity index (χ4v) is 2.06. The summed E-state index contributed by atoms with van der Waals surface area (Å²) in [7, 11) is 0. The van der Waals surface area contributed by atoms with E-state index in [1.54, 1.807) is 6.92 Å². The van der Waals surface area contributed by atoms with Crippen LogP contribution in [0.4, 0.5) is 5.13 Å². The average molecular weight is 261 g/mol. The van der Waals surface area contributed by atoms with Gasteiger partial charge in [0.25, 0.3) is 0 Å². The number of hydrogen-bond acceptors (Lipinski definition) is 8. The lowest BCUT2D eigenvalue weighted by atomic mass is 10.1. The lowest BCUT2D eigenvalue weighted by Gasteiger charge is -2.14. The average Bonchev–Trinajstić information content (AvgIpc) is 2.69. The lowest BCUT2D eigenvalue weighted by molar-refractivity contribution is 0.0244. The highest BCUT2D eigenvalue weighted by atomic mass is 32.1. The van der Waals surface area contributed by atoms with E-state index in [0.29, 0.717) is 0 Å². The van der Waals surface area contributed by atoms with Crippen molar-refractivity contribution < 1.29 is 19.7 Å². The first kappa shape index (κ1) is 13.8. The molecule has 2 unspecified atom stereocenters. The summed E-state index contributed by atoms with van der Waals surface area (Å²) in [6.45, 7) is 1.70. The number of aliphatic hydroxyl groups is 2. The molecule has 2 atom stereocenters. The summed E-state index contributed by atoms with van der Waals surface area (Å²) >= 11 is 0.921. The Balaban J connectivity index is 3.02. The molecule has 17 heavy (non-hydrogen) atoms. The van der Waals surface area contributed by atoms with Gasteiger partial charge in [0.1, 0.15) is 6.10 Å². The topological polar surface area (TPSA) is 132 Å². The number of rotatable bonds is 5. The van der Waals surface area contributed by atoms with Crippen LogP contribution in [0.2, 0.25) is 0 Å². The Morgan fingerprint density at radius 1 is 1.59 bits per heavy atom. The molecule has 1 heterocycles. The number of hydrogen-bond donors (Lipinski definition) is 4. The number of esters is 1. The maximum absolute atomic E-state index is 11.5. The first-order chi connectivity index (χ1) is 8.01. The standard InChI is InChI=1S/C9H15N3O4S/c1-2-16-8(15)5-7(17-9(11)12-5)6(14)4(13)3-10/h4,6,13-14H,2-3,10H2,1H3,(H2,11,12). The molecule has 1 aromatic rings. The zero-order valence-corrected chi connectivity index (χ0v) is 10.1. The van der Waals surface area contributed by atoms with Crippen LogP contribution >= 0.6 is 11.3 Å². The second-order valence-corrected chi connectivity index (χ2v) is 4.30. The molecule has 0 bridgehead atoms. The van der Waals surface area contributed by atoms with Crippen molar-refractivity contribution in [3.63, 3.8) is 0 Å². The van der Waals surface area contributed by atoms with Gasteiger partial charge < -0.3 is 26.4 Å². The molecular formula is C9H15N3O4S. The number of ether oxygens (including phenoxy) is 1. The predicted octanol–water partition coefficient (Wildman–Crippen LogP) is -0.745. The van der Waals surface area contributed by atoms with Gasteiger partial charge in [-0.25, -0.2) is 9.78 Å². The van der Waals surface area contributed by atoms with Gasteiger partial charge in [-0.1, -0.05) is 11.3 Å². The van der Waals surface area contributed by atoms with E-state index in [2.05, 4.69) is 4.98 Å². The molecule has 0 aliphatic rings. The second-order valence-electron chi connectivity index (χ2n) is 3.23. The summed E-state index contributed by atoms with van der Waals surface area (Å²) in [4.78, 5) is 15.5. The monoisotopic (exact) mass is 261 g/mol. The maximum Gasteiger partial charge on any atom is 0.358 e. The van der Waals surface area contributed by atoms with E-state index in [0.717, 1.165) is 11.3 Å². The molecule has 0 spiro atoms. The van der Waals surface area contributed by atoms with Gasteiger partial charge in [-0.05, 0) is 6.92 Å². The second kappa shape index (κ2) is 5.92. The summed E-state index contributed by atoms with van der Waals surface area (Å²) < 4.78 is 4.77. The van der Waals surface area contributed by atoms with E-state index in [1.165, 1.54) is 0 Å². The van der Waals surface area contributed by atoms with Crippen LogP contribution in [-0.4, -0.2) is 40.4 Å². The highest BCUT2D eigenvalue weighted by molar-refractivity contribution is 7.15. The number of anilines is 1. The number of carbonyl (C=O) groups is 1. The van der Waals surface area contributed by atoms with Crippen LogP contribution in [0.3, 0.4) is 0 Å². The maximum atomic E-state index is 11.5. The molecule has 0 saturated carbocycles. The van der Waals surface area contributed by atoms with Gasteiger partial charge in [0.15, 0.2) is 10.8 Å². The highest BCUT2D eigenvalue weighted by Crippen LogP contribution is 2.29. The predicted molar refractivity (Wildman–Crippen MR) is 62.5 cm³/mol. The zero-order valence-electron chi connectivity index (χ0n) is 9.29. The molecule has 0 amide bonds. The fourth-order valence-electron chi connectivity index (χ4n) is 1.20. The van der Waals surface area contributed by atoms with Crippen LogP contribution in [0.1, 0.15) is 28.4 Å². The Bertz CT molecular complexity index is 396. The number of nitrogens with zero attached hydrogens (tertiary/aromatic N) is 1. The molecular weight excluding hydrogens is 246 g/mol. The Labute approximate surface area is 102 Å². The fraction of sp³-hybridized carbons (Fsp3) is 0.556. The van der Waals surface area contributed by atoms with Gasteiger partial charge in [0.2, 0.25) is 0 Å². The van der Waals surface area contributed by atoms with E-state index in [-0.39, 0.29) is 28.9 Å². The van der Waals surface area contributed by atoms with E-state index in [4.69, 9.17) is 16.2 Å². The normalized spacial score (nSPS) is 14.4. The van der Waals surface area contributed by atoms with Crippen molar-refractivity contribution in [1.82, 2.24) is 4.98 Å². The number of carbonyl (C=O) groups excluding carboxylic acids is 1. The van der Waals surface area contributed by atoms with E-state index < -0.39 is 18.2 Å². The van der Waals surface area contributed by atoms with Gasteiger partial charge in [0, 0.05) is 6.54 Å². The van der Waals surface area contributed by atoms with E-state index in [9.17, 15) is 15.0 Å². The summed E-state index contributed by atoms with van der Waals surface area (Å²) in [6, 6.07) is 0. The van der Waals surface area contributed by atoms with Crippen LogP contribution in [0, 0.1) is 0 Å². The quantitative estimate of drug-likeness (QED) is 0.513. The van der Waals surface area contributed by atoms with Crippen LogP contribution in [0.5, 0.6) is 0 Å². The molecule has 1 rings (SSSR count). The van der Waals surface area contributed by atoms with Crippen molar-refractivity contribution in [2.24, 2.45) is 5.73 Å². The number of aromatic nitrogens is 1. The third kappa shape index (κ3) is 3.13. The third-order valence-corrected chi connectivity index (χ3v) is 2.97. The first-order valence-corrected chi connectivity index (χ1v) is 5.82. The highest BCUT2D eigenvalue weighted by Gasteiger charge is 2.27. The molecule has 8 heteroatoms. The molecule has 0 aliphatic carbocycles. The molecule has 0 radical (unpaired) electrons. The summed E-state index contributed by atoms with van der Waals surface area (Å²) in [5, 5.41) is 19.3. The molecule has 0 saturated heterocycles. The van der Waals surface area contributed by atoms with E-state index in [1.807, 2.05) is 0 Å². The van der Waals surface area contributed by atoms with Gasteiger partial charge >= 0.3 is 5.97 Å². The Hall–Kier alpha value is -1.22. The molecule has 1 aromatic heterocycles. The van der Waals surface area contributed by atoms with Crippen LogP contribution in [0.15, 0.2) is 0 Å². The van der Waals surface area contributed by atoms with Crippen LogP contribution in [0.25, 0.3) is 0 Å². The number of nitrogen functional groups attached to an aromatic ring is 1. The third-order valence-electron chi connectivity index (χ3n) is 2.01. The van der Waals surface area contributed by atoms with Crippen molar-refractivity contribution in [1.29, 1.82) is 0 Å². The number of aliphatic hydroxyl groups excluding tert-OH is 2. The van der Waals surface area contributed by atoms with Crippen molar-refractivity contribution in [2.45, 2.75) is 19.1 Å². The molecule has 6 N–H and O–H groups in total. The Morgan fingerprint density at radius 3 is 2.76 bits per heavy atom. The van der Waals surface area contributed by atoms with Crippen molar-refractivity contribution in [3.05, 3.63) is 10.6 Å². The van der Waals surface area contributed by atoms with Crippen molar-refractivity contribution >= 4 is 22.4 Å². The molecule has 0 aliphatic heterocycles. The Kier molecular flexibility index (Phi) is 4.82. The lowest BCUT2D eigenvalue weighted by Crippen LogP contribution is -2.27. The molecule has 0 aromatic carbocycles. The van der Waals surface area contributed by atoms with Crippen LogP contribution < -0.4 is 11.5 Å². The minimum absolute atomic E-state index is 0.0747. The van der Waals surface area contributed by atoms with Gasteiger partial charge in [-0.15, -0.1) is 0 Å².